The van der Waals surface area contributed by atoms with Crippen LogP contribution in [0, 0.1) is 0 Å². The molecule has 0 saturated heterocycles. The molecule has 1 atom stereocenters. The highest BCUT2D eigenvalue weighted by Crippen LogP contribution is 2.33. The first kappa shape index (κ1) is 21.4. The Kier molecular flexibility index (Phi) is 10.7. The zero-order chi connectivity index (χ0) is 15.8. The standard InChI is InChI=1S/C14H21BrN2O3S.ClH/c1-19-12-6-9(10(15)7-13(12)20-2)8-17-14(18)11(16)4-5-21-3;/h6-7,11H,4-5,8,16H2,1-3H3,(H,17,18);1H/t11-;/m0./s1. The van der Waals surface area contributed by atoms with Crippen LogP contribution in [0.3, 0.4) is 0 Å². The number of amides is 1. The minimum Gasteiger partial charge on any atom is -0.493 e. The molecule has 0 aliphatic carbocycles. The Labute approximate surface area is 150 Å². The van der Waals surface area contributed by atoms with Crippen LogP contribution in [-0.4, -0.2) is 38.2 Å². The number of hydrogen-bond donors (Lipinski definition) is 2. The highest BCUT2D eigenvalue weighted by molar-refractivity contribution is 9.10. The van der Waals surface area contributed by atoms with E-state index in [-0.39, 0.29) is 18.3 Å². The molecule has 0 aliphatic heterocycles. The molecule has 1 amide bonds. The number of ether oxygens (including phenoxy) is 2. The molecule has 0 spiro atoms. The second kappa shape index (κ2) is 11.0. The molecule has 0 heterocycles. The van der Waals surface area contributed by atoms with Gasteiger partial charge in [-0.25, -0.2) is 0 Å². The van der Waals surface area contributed by atoms with Crippen molar-refractivity contribution in [3.8, 4) is 11.5 Å². The number of carbonyl (C=O) groups excluding carboxylic acids is 1. The fraction of sp³-hybridized carbons (Fsp3) is 0.500. The van der Waals surface area contributed by atoms with E-state index in [4.69, 9.17) is 15.2 Å². The highest BCUT2D eigenvalue weighted by Gasteiger charge is 2.14. The van der Waals surface area contributed by atoms with Crippen LogP contribution >= 0.6 is 40.1 Å². The molecule has 8 heteroatoms. The molecular formula is C14H22BrClN2O3S. The topological polar surface area (TPSA) is 73.6 Å². The van der Waals surface area contributed by atoms with E-state index >= 15 is 0 Å². The van der Waals surface area contributed by atoms with Gasteiger partial charge in [0.15, 0.2) is 11.5 Å². The van der Waals surface area contributed by atoms with Crippen molar-refractivity contribution in [1.82, 2.24) is 5.32 Å². The number of rotatable bonds is 8. The van der Waals surface area contributed by atoms with Gasteiger partial charge in [-0.05, 0) is 36.1 Å². The number of nitrogens with two attached hydrogens (primary N) is 1. The summed E-state index contributed by atoms with van der Waals surface area (Å²) in [6.45, 7) is 0.382. The van der Waals surface area contributed by atoms with Crippen LogP contribution in [0.15, 0.2) is 16.6 Å². The number of hydrogen-bond acceptors (Lipinski definition) is 5. The first-order chi connectivity index (χ1) is 10.0. The lowest BCUT2D eigenvalue weighted by atomic mass is 10.2. The third kappa shape index (κ3) is 6.24. The summed E-state index contributed by atoms with van der Waals surface area (Å²) in [5.41, 5.74) is 6.73. The van der Waals surface area contributed by atoms with E-state index in [0.29, 0.717) is 24.5 Å². The smallest absolute Gasteiger partial charge is 0.237 e. The van der Waals surface area contributed by atoms with Gasteiger partial charge in [-0.15, -0.1) is 12.4 Å². The van der Waals surface area contributed by atoms with Gasteiger partial charge in [0.05, 0.1) is 20.3 Å². The maximum Gasteiger partial charge on any atom is 0.237 e. The van der Waals surface area contributed by atoms with Gasteiger partial charge >= 0.3 is 0 Å². The van der Waals surface area contributed by atoms with Gasteiger partial charge in [0.25, 0.3) is 0 Å². The Morgan fingerprint density at radius 3 is 2.50 bits per heavy atom. The summed E-state index contributed by atoms with van der Waals surface area (Å²) >= 11 is 5.13. The average molecular weight is 414 g/mol. The molecular weight excluding hydrogens is 392 g/mol. The third-order valence-corrected chi connectivity index (χ3v) is 4.36. The molecule has 22 heavy (non-hydrogen) atoms. The van der Waals surface area contributed by atoms with Crippen molar-refractivity contribution in [2.45, 2.75) is 19.0 Å². The fourth-order valence-corrected chi connectivity index (χ4v) is 2.67. The van der Waals surface area contributed by atoms with E-state index in [2.05, 4.69) is 21.2 Å². The summed E-state index contributed by atoms with van der Waals surface area (Å²) in [7, 11) is 3.16. The largest absolute Gasteiger partial charge is 0.493 e. The summed E-state index contributed by atoms with van der Waals surface area (Å²) in [4.78, 5) is 11.9. The number of nitrogens with one attached hydrogen (secondary N) is 1. The summed E-state index contributed by atoms with van der Waals surface area (Å²) < 4.78 is 11.3. The highest BCUT2D eigenvalue weighted by atomic mass is 79.9. The maximum atomic E-state index is 11.9. The maximum absolute atomic E-state index is 11.9. The molecule has 0 aliphatic rings. The van der Waals surface area contributed by atoms with Gasteiger partial charge in [0, 0.05) is 11.0 Å². The Balaban J connectivity index is 0.00000441. The number of thioether (sulfide) groups is 1. The number of benzene rings is 1. The van der Waals surface area contributed by atoms with E-state index in [1.807, 2.05) is 18.4 Å². The predicted molar refractivity (Wildman–Crippen MR) is 97.3 cm³/mol. The van der Waals surface area contributed by atoms with Gasteiger partial charge in [-0.3, -0.25) is 4.79 Å². The third-order valence-electron chi connectivity index (χ3n) is 2.98. The zero-order valence-corrected chi connectivity index (χ0v) is 16.1. The normalized spacial score (nSPS) is 11.3. The minimum absolute atomic E-state index is 0. The van der Waals surface area contributed by atoms with Crippen molar-refractivity contribution in [1.29, 1.82) is 0 Å². The summed E-state index contributed by atoms with van der Waals surface area (Å²) in [6.07, 6.45) is 2.66. The van der Waals surface area contributed by atoms with Crippen molar-refractivity contribution in [2.75, 3.05) is 26.2 Å². The molecule has 0 aromatic heterocycles. The van der Waals surface area contributed by atoms with E-state index in [1.165, 1.54) is 0 Å². The van der Waals surface area contributed by atoms with Gasteiger partial charge < -0.3 is 20.5 Å². The van der Waals surface area contributed by atoms with E-state index in [1.54, 1.807) is 26.0 Å². The number of methoxy groups -OCH3 is 2. The summed E-state index contributed by atoms with van der Waals surface area (Å²) in [5.74, 6) is 1.98. The summed E-state index contributed by atoms with van der Waals surface area (Å²) in [5, 5.41) is 2.84. The second-order valence-corrected chi connectivity index (χ2v) is 6.24. The van der Waals surface area contributed by atoms with Gasteiger partial charge in [0.1, 0.15) is 0 Å². The molecule has 0 unspecified atom stereocenters. The quantitative estimate of drug-likeness (QED) is 0.685. The summed E-state index contributed by atoms with van der Waals surface area (Å²) in [6, 6.07) is 3.17. The van der Waals surface area contributed by atoms with Crippen LogP contribution in [0.1, 0.15) is 12.0 Å². The zero-order valence-electron chi connectivity index (χ0n) is 12.8. The van der Waals surface area contributed by atoms with Crippen LogP contribution in [0.4, 0.5) is 0 Å². The Bertz CT molecular complexity index is 491. The predicted octanol–water partition coefficient (Wildman–Crippen LogP) is 2.58. The molecule has 0 bridgehead atoms. The molecule has 1 rings (SSSR count). The van der Waals surface area contributed by atoms with Crippen molar-refractivity contribution >= 4 is 46.0 Å². The van der Waals surface area contributed by atoms with Crippen LogP contribution in [0.2, 0.25) is 0 Å². The molecule has 0 fully saturated rings. The molecule has 1 aromatic rings. The van der Waals surface area contributed by atoms with Crippen LogP contribution in [0.25, 0.3) is 0 Å². The monoisotopic (exact) mass is 412 g/mol. The van der Waals surface area contributed by atoms with Crippen molar-refractivity contribution in [3.63, 3.8) is 0 Å². The second-order valence-electron chi connectivity index (χ2n) is 4.40. The molecule has 126 valence electrons. The SMILES string of the molecule is COc1cc(Br)c(CNC(=O)[C@@H](N)CCSC)cc1OC.Cl. The first-order valence-corrected chi connectivity index (χ1v) is 8.64. The van der Waals surface area contributed by atoms with E-state index < -0.39 is 6.04 Å². The molecule has 0 saturated carbocycles. The Morgan fingerprint density at radius 2 is 1.95 bits per heavy atom. The molecule has 5 nitrogen and oxygen atoms in total. The van der Waals surface area contributed by atoms with Crippen molar-refractivity contribution in [2.24, 2.45) is 5.73 Å². The Morgan fingerprint density at radius 1 is 1.36 bits per heavy atom. The molecule has 3 N–H and O–H groups in total. The van der Waals surface area contributed by atoms with Crippen LogP contribution in [-0.2, 0) is 11.3 Å². The van der Waals surface area contributed by atoms with Gasteiger partial charge in [0.2, 0.25) is 5.91 Å². The lowest BCUT2D eigenvalue weighted by molar-refractivity contribution is -0.122. The molecule has 1 aromatic carbocycles. The first-order valence-electron chi connectivity index (χ1n) is 6.46. The lowest BCUT2D eigenvalue weighted by Crippen LogP contribution is -2.40. The van der Waals surface area contributed by atoms with Crippen LogP contribution in [0.5, 0.6) is 11.5 Å². The van der Waals surface area contributed by atoms with Crippen molar-refractivity contribution in [3.05, 3.63) is 22.2 Å². The van der Waals surface area contributed by atoms with Crippen molar-refractivity contribution < 1.29 is 14.3 Å². The molecule has 0 radical (unpaired) electrons. The van der Waals surface area contributed by atoms with E-state index in [0.717, 1.165) is 15.8 Å². The average Bonchev–Trinajstić information content (AvgIpc) is 2.50. The fourth-order valence-electron chi connectivity index (χ4n) is 1.72. The lowest BCUT2D eigenvalue weighted by Gasteiger charge is -2.14. The number of carbonyl (C=O) groups is 1. The van der Waals surface area contributed by atoms with E-state index in [9.17, 15) is 4.79 Å². The minimum atomic E-state index is -0.476. The van der Waals surface area contributed by atoms with Gasteiger partial charge in [-0.2, -0.15) is 11.8 Å². The Hall–Kier alpha value is -0.630. The number of halogens is 2. The van der Waals surface area contributed by atoms with Crippen LogP contribution < -0.4 is 20.5 Å². The van der Waals surface area contributed by atoms with Gasteiger partial charge in [-0.1, -0.05) is 15.9 Å².